The summed E-state index contributed by atoms with van der Waals surface area (Å²) in [6, 6.07) is 78.2. The van der Waals surface area contributed by atoms with Gasteiger partial charge in [-0.15, -0.1) is 0 Å². The van der Waals surface area contributed by atoms with Gasteiger partial charge in [0.05, 0.1) is 22.1 Å². The smallest absolute Gasteiger partial charge is 0.220 e. The molecule has 11 aromatic rings. The number of hydrogen-bond acceptors (Lipinski definition) is 2. The Kier molecular flexibility index (Phi) is 7.86. The van der Waals surface area contributed by atoms with Crippen molar-refractivity contribution in [2.75, 3.05) is 0 Å². The van der Waals surface area contributed by atoms with Gasteiger partial charge >= 0.3 is 0 Å². The maximum atomic E-state index is 10.5. The lowest BCUT2D eigenvalue weighted by molar-refractivity contribution is 0.388. The minimum Gasteiger partial charge on any atom is -0.457 e. The summed E-state index contributed by atoms with van der Waals surface area (Å²) in [6.07, 6.45) is -4.67. The molecule has 0 bridgehead atoms. The number of aromatic nitrogens is 3. The number of ether oxygens (including phenoxy) is 1. The second kappa shape index (κ2) is 15.0. The molecule has 3 heterocycles. The highest BCUT2D eigenvalue weighted by atomic mass is 28.3. The second-order valence-corrected chi connectivity index (χ2v) is 19.9. The highest BCUT2D eigenvalue weighted by Gasteiger charge is 2.49. The molecule has 5 heteroatoms. The topological polar surface area (TPSA) is 31.5 Å². The van der Waals surface area contributed by atoms with Gasteiger partial charge in [0.25, 0.3) is 0 Å². The van der Waals surface area contributed by atoms with Crippen LogP contribution in [0, 0.1) is 0 Å². The van der Waals surface area contributed by atoms with Gasteiger partial charge in [-0.2, -0.15) is 0 Å². The van der Waals surface area contributed by atoms with E-state index in [-0.39, 0.29) is 0 Å². The Balaban J connectivity index is 1.22. The molecule has 0 unspecified atom stereocenters. The number of para-hydroxylation sites is 6. The number of hydrogen-bond donors (Lipinski definition) is 0. The zero-order valence-corrected chi connectivity index (χ0v) is 35.3. The third-order valence-electron chi connectivity index (χ3n) is 12.6. The molecule has 63 heavy (non-hydrogen) atoms. The van der Waals surface area contributed by atoms with Crippen molar-refractivity contribution in [2.24, 2.45) is 0 Å². The molecule has 300 valence electrons. The predicted octanol–water partition coefficient (Wildman–Crippen LogP) is 10.7. The van der Waals surface area contributed by atoms with E-state index >= 15 is 0 Å². The molecule has 0 spiro atoms. The third-order valence-corrected chi connectivity index (χ3v) is 17.4. The van der Waals surface area contributed by atoms with E-state index in [1.54, 1.807) is 24.3 Å². The summed E-state index contributed by atoms with van der Waals surface area (Å²) in [5.74, 6) is 1.67. The van der Waals surface area contributed by atoms with Gasteiger partial charge < -0.3 is 4.74 Å². The normalized spacial score (nSPS) is 14.5. The van der Waals surface area contributed by atoms with Gasteiger partial charge in [0.15, 0.2) is 8.07 Å². The lowest BCUT2D eigenvalue weighted by Crippen LogP contribution is -2.75. The molecule has 0 radical (unpaired) electrons. The zero-order chi connectivity index (χ0) is 45.4. The molecular formula is C58H43N3OSi. The van der Waals surface area contributed by atoms with Gasteiger partial charge in [-0.05, 0) is 87.1 Å². The van der Waals surface area contributed by atoms with Crippen LogP contribution < -0.4 is 25.5 Å². The Hall–Kier alpha value is -7.73. The molecule has 0 saturated carbocycles. The summed E-state index contributed by atoms with van der Waals surface area (Å²) < 4.78 is 54.0. The fourth-order valence-corrected chi connectivity index (χ4v) is 14.9. The molecule has 1 aliphatic rings. The summed E-state index contributed by atoms with van der Waals surface area (Å²) >= 11 is 0. The second-order valence-electron chi connectivity index (χ2n) is 16.1. The summed E-state index contributed by atoms with van der Waals surface area (Å²) in [7, 11) is -3.56. The summed E-state index contributed by atoms with van der Waals surface area (Å²) in [5.41, 5.74) is 4.57. The molecule has 0 amide bonds. The number of rotatable bonds is 9. The van der Waals surface area contributed by atoms with Crippen LogP contribution in [0.25, 0.3) is 33.5 Å². The average molecular weight is 830 g/mol. The van der Waals surface area contributed by atoms with E-state index in [4.69, 9.17) is 9.72 Å². The molecule has 9 aromatic carbocycles. The van der Waals surface area contributed by atoms with Crippen molar-refractivity contribution in [3.8, 4) is 17.2 Å². The van der Waals surface area contributed by atoms with Crippen molar-refractivity contribution in [2.45, 2.75) is 18.2 Å². The third kappa shape index (κ3) is 5.84. The number of imidazole rings is 2. The first-order valence-corrected chi connectivity index (χ1v) is 23.4. The van der Waals surface area contributed by atoms with Crippen molar-refractivity contribution in [1.82, 2.24) is 14.0 Å². The van der Waals surface area contributed by atoms with Crippen molar-refractivity contribution in [3.63, 3.8) is 0 Å². The number of benzene rings is 9. The van der Waals surface area contributed by atoms with Crippen LogP contribution in [0.1, 0.15) is 27.7 Å². The first-order valence-electron chi connectivity index (χ1n) is 23.4. The Morgan fingerprint density at radius 1 is 0.476 bits per heavy atom. The van der Waals surface area contributed by atoms with Crippen LogP contribution in [-0.2, 0) is 18.2 Å². The maximum Gasteiger partial charge on any atom is 0.220 e. The lowest BCUT2D eigenvalue weighted by atomic mass is 9.65. The average Bonchev–Trinajstić information content (AvgIpc) is 3.92. The van der Waals surface area contributed by atoms with Gasteiger partial charge in [0.2, 0.25) is 5.78 Å². The minimum atomic E-state index is -3.56. The standard InChI is InChI=1S/C58H43N3OSi/c1-5-21-42(22-6-1)40-58(41-43-23-7-2-8-24-43)48-31-13-18-37-54(48)62-56-49(58)32-20-38-55(56)63(45-26-9-3-10-27-45,46-28-11-4-12-29-46)47-30-19-25-44(39-47)60-52-35-16-17-36-53(52)61-51-34-15-14-33-50(51)59-57(60)61/h1-39H,40-41H2/i40D2,41D2. The molecular weight excluding hydrogens is 783 g/mol. The van der Waals surface area contributed by atoms with E-state index in [1.165, 1.54) is 0 Å². The van der Waals surface area contributed by atoms with Crippen LogP contribution in [0.4, 0.5) is 0 Å². The van der Waals surface area contributed by atoms with Crippen molar-refractivity contribution in [3.05, 3.63) is 259 Å². The van der Waals surface area contributed by atoms with Crippen LogP contribution >= 0.6 is 0 Å². The van der Waals surface area contributed by atoms with E-state index in [1.807, 2.05) is 91.0 Å². The summed E-state index contributed by atoms with van der Waals surface area (Å²) in [6.45, 7) is 0. The molecule has 1 aliphatic heterocycles. The Bertz CT molecular complexity index is 3540. The van der Waals surface area contributed by atoms with E-state index in [9.17, 15) is 5.48 Å². The van der Waals surface area contributed by atoms with E-state index in [2.05, 4.69) is 130 Å². The van der Waals surface area contributed by atoms with Gasteiger partial charge in [0.1, 0.15) is 11.5 Å². The lowest BCUT2D eigenvalue weighted by Gasteiger charge is -2.44. The monoisotopic (exact) mass is 829 g/mol. The van der Waals surface area contributed by atoms with Gasteiger partial charge in [-0.1, -0.05) is 194 Å². The maximum absolute atomic E-state index is 10.5. The van der Waals surface area contributed by atoms with E-state index in [0.717, 1.165) is 54.3 Å². The number of nitrogens with zero attached hydrogens (tertiary/aromatic N) is 3. The zero-order valence-electron chi connectivity index (χ0n) is 38.3. The van der Waals surface area contributed by atoms with Crippen LogP contribution in [0.3, 0.4) is 0 Å². The molecule has 0 aliphatic carbocycles. The van der Waals surface area contributed by atoms with Crippen LogP contribution in [-0.4, -0.2) is 22.0 Å². The molecule has 0 saturated heterocycles. The molecule has 0 N–H and O–H groups in total. The highest BCUT2D eigenvalue weighted by Crippen LogP contribution is 2.51. The van der Waals surface area contributed by atoms with Gasteiger partial charge in [-0.25, -0.2) is 4.98 Å². The molecule has 0 fully saturated rings. The van der Waals surface area contributed by atoms with Crippen molar-refractivity contribution >= 4 is 56.7 Å². The predicted molar refractivity (Wildman–Crippen MR) is 261 cm³/mol. The first kappa shape index (κ1) is 33.0. The van der Waals surface area contributed by atoms with E-state index < -0.39 is 26.2 Å². The quantitative estimate of drug-likeness (QED) is 0.107. The summed E-state index contributed by atoms with van der Waals surface area (Å²) in [5, 5.41) is 4.12. The Morgan fingerprint density at radius 3 is 1.68 bits per heavy atom. The fraction of sp³-hybridized carbons (Fsp3) is 0.0517. The Morgan fingerprint density at radius 2 is 1.00 bits per heavy atom. The molecule has 4 nitrogen and oxygen atoms in total. The van der Waals surface area contributed by atoms with Crippen LogP contribution in [0.5, 0.6) is 11.5 Å². The minimum absolute atomic E-state index is 0.363. The molecule has 12 rings (SSSR count). The van der Waals surface area contributed by atoms with Gasteiger partial charge in [-0.3, -0.25) is 8.97 Å². The first-order chi connectivity index (χ1) is 32.8. The van der Waals surface area contributed by atoms with Crippen LogP contribution in [0.2, 0.25) is 0 Å². The largest absolute Gasteiger partial charge is 0.457 e. The summed E-state index contributed by atoms with van der Waals surface area (Å²) in [4.78, 5) is 5.23. The fourth-order valence-electron chi connectivity index (χ4n) is 9.96. The van der Waals surface area contributed by atoms with Crippen molar-refractivity contribution < 1.29 is 10.2 Å². The van der Waals surface area contributed by atoms with Crippen LogP contribution in [0.15, 0.2) is 237 Å². The van der Waals surface area contributed by atoms with Crippen molar-refractivity contribution in [1.29, 1.82) is 0 Å². The molecule has 0 atom stereocenters. The van der Waals surface area contributed by atoms with E-state index in [0.29, 0.717) is 33.8 Å². The molecule has 2 aromatic heterocycles. The van der Waals surface area contributed by atoms with Gasteiger partial charge in [0, 0.05) is 27.7 Å². The Labute approximate surface area is 373 Å². The number of fused-ring (bicyclic) bond motifs is 7. The SMILES string of the molecule is [2H]C([2H])(c1ccccc1)C1(C([2H])([2H])c2ccccc2)c2ccccc2Oc2c1cccc2[Si](c1ccccc1)(c1ccccc1)c1cccc(-n2c3ccccc3n3c4ccccc4nc23)c1. The highest BCUT2D eigenvalue weighted by molar-refractivity contribution is 7.20.